The Morgan fingerprint density at radius 2 is 2.32 bits per heavy atom. The van der Waals surface area contributed by atoms with Crippen LogP contribution in [0.4, 0.5) is 4.79 Å². The minimum atomic E-state index is -1.03. The fourth-order valence-corrected chi connectivity index (χ4v) is 3.32. The molecule has 22 heavy (non-hydrogen) atoms. The molecule has 114 valence electrons. The number of nitrogens with zero attached hydrogens (tertiary/aromatic N) is 3. The predicted octanol–water partition coefficient (Wildman–Crippen LogP) is 1.98. The maximum atomic E-state index is 12.7. The Balaban J connectivity index is 1.56. The van der Waals surface area contributed by atoms with Crippen LogP contribution in [0, 0.1) is 0 Å². The molecule has 2 aromatic rings. The van der Waals surface area contributed by atoms with E-state index in [4.69, 9.17) is 4.52 Å². The van der Waals surface area contributed by atoms with Crippen molar-refractivity contribution < 1.29 is 14.1 Å². The van der Waals surface area contributed by atoms with Crippen molar-refractivity contribution in [3.8, 4) is 0 Å². The molecule has 1 aliphatic carbocycles. The van der Waals surface area contributed by atoms with Crippen LogP contribution in [-0.2, 0) is 16.9 Å². The number of carbonyl (C=O) groups excluding carboxylic acids is 2. The highest BCUT2D eigenvalue weighted by molar-refractivity contribution is 7.08. The van der Waals surface area contributed by atoms with E-state index in [1.165, 1.54) is 11.3 Å². The summed E-state index contributed by atoms with van der Waals surface area (Å²) in [5, 5.41) is 10.4. The molecule has 4 rings (SSSR count). The van der Waals surface area contributed by atoms with Gasteiger partial charge in [-0.15, -0.1) is 0 Å². The zero-order valence-corrected chi connectivity index (χ0v) is 12.7. The van der Waals surface area contributed by atoms with Gasteiger partial charge in [0.05, 0.1) is 6.54 Å². The van der Waals surface area contributed by atoms with E-state index in [2.05, 4.69) is 15.5 Å². The van der Waals surface area contributed by atoms with Gasteiger partial charge in [-0.3, -0.25) is 9.69 Å². The standard InChI is InChI=1S/C14H14N4O3S/c1-14(9-4-5-22-7-9)12(19)18(13(20)16-14)6-10-15-11(21-17-10)8-2-3-8/h4-5,7-8H,2-3,6H2,1H3,(H,16,20). The van der Waals surface area contributed by atoms with Crippen molar-refractivity contribution in [3.05, 3.63) is 34.1 Å². The molecule has 0 bridgehead atoms. The molecule has 1 atom stereocenters. The molecule has 2 aromatic heterocycles. The maximum Gasteiger partial charge on any atom is 0.325 e. The van der Waals surface area contributed by atoms with E-state index in [0.717, 1.165) is 23.3 Å². The zero-order chi connectivity index (χ0) is 15.3. The summed E-state index contributed by atoms with van der Waals surface area (Å²) in [5.74, 6) is 1.01. The number of hydrogen-bond donors (Lipinski definition) is 1. The van der Waals surface area contributed by atoms with Gasteiger partial charge in [0.15, 0.2) is 5.82 Å². The van der Waals surface area contributed by atoms with Crippen molar-refractivity contribution in [3.63, 3.8) is 0 Å². The van der Waals surface area contributed by atoms with Crippen LogP contribution in [0.3, 0.4) is 0 Å². The second-order valence-electron chi connectivity index (χ2n) is 5.78. The molecule has 1 N–H and O–H groups in total. The first-order valence-electron chi connectivity index (χ1n) is 7.07. The SMILES string of the molecule is CC1(c2ccsc2)NC(=O)N(Cc2noc(C3CC3)n2)C1=O. The third-order valence-electron chi connectivity index (χ3n) is 4.08. The summed E-state index contributed by atoms with van der Waals surface area (Å²) in [7, 11) is 0. The highest BCUT2D eigenvalue weighted by atomic mass is 32.1. The molecular formula is C14H14N4O3S. The monoisotopic (exact) mass is 318 g/mol. The molecule has 1 saturated carbocycles. The second kappa shape index (κ2) is 4.64. The highest BCUT2D eigenvalue weighted by Crippen LogP contribution is 2.39. The van der Waals surface area contributed by atoms with Gasteiger partial charge in [-0.2, -0.15) is 16.3 Å². The van der Waals surface area contributed by atoms with E-state index < -0.39 is 11.6 Å². The summed E-state index contributed by atoms with van der Waals surface area (Å²) >= 11 is 1.49. The Morgan fingerprint density at radius 3 is 3.00 bits per heavy atom. The molecule has 8 heteroatoms. The van der Waals surface area contributed by atoms with Crippen LogP contribution in [0.5, 0.6) is 0 Å². The fraction of sp³-hybridized carbons (Fsp3) is 0.429. The molecule has 3 heterocycles. The largest absolute Gasteiger partial charge is 0.339 e. The van der Waals surface area contributed by atoms with E-state index in [1.807, 2.05) is 16.8 Å². The summed E-state index contributed by atoms with van der Waals surface area (Å²) in [5.41, 5.74) is -0.245. The van der Waals surface area contributed by atoms with E-state index >= 15 is 0 Å². The lowest BCUT2D eigenvalue weighted by molar-refractivity contribution is -0.131. The lowest BCUT2D eigenvalue weighted by atomic mass is 9.95. The average Bonchev–Trinajstić information content (AvgIpc) is 2.95. The minimum absolute atomic E-state index is 0.0284. The lowest BCUT2D eigenvalue weighted by Crippen LogP contribution is -2.40. The quantitative estimate of drug-likeness (QED) is 0.871. The number of amides is 3. The van der Waals surface area contributed by atoms with Crippen LogP contribution >= 0.6 is 11.3 Å². The predicted molar refractivity (Wildman–Crippen MR) is 77.0 cm³/mol. The molecule has 2 aliphatic rings. The van der Waals surface area contributed by atoms with Crippen LogP contribution < -0.4 is 5.32 Å². The molecule has 0 aromatic carbocycles. The minimum Gasteiger partial charge on any atom is -0.339 e. The Morgan fingerprint density at radius 1 is 1.50 bits per heavy atom. The molecule has 1 saturated heterocycles. The second-order valence-corrected chi connectivity index (χ2v) is 6.56. The topological polar surface area (TPSA) is 88.3 Å². The first kappa shape index (κ1) is 13.4. The van der Waals surface area contributed by atoms with Gasteiger partial charge in [-0.05, 0) is 42.2 Å². The molecule has 1 aliphatic heterocycles. The van der Waals surface area contributed by atoms with Crippen LogP contribution in [-0.4, -0.2) is 27.0 Å². The summed E-state index contributed by atoms with van der Waals surface area (Å²) in [6.07, 6.45) is 2.11. The Hall–Kier alpha value is -2.22. The normalized spacial score (nSPS) is 24.9. The van der Waals surface area contributed by atoms with Gasteiger partial charge in [0, 0.05) is 5.92 Å². The number of thiophene rings is 1. The van der Waals surface area contributed by atoms with Crippen molar-refractivity contribution >= 4 is 23.3 Å². The lowest BCUT2D eigenvalue weighted by Gasteiger charge is -2.20. The van der Waals surface area contributed by atoms with Crippen molar-refractivity contribution in [1.82, 2.24) is 20.4 Å². The Labute approximate surface area is 130 Å². The van der Waals surface area contributed by atoms with Gasteiger partial charge in [0.1, 0.15) is 5.54 Å². The number of urea groups is 1. The van der Waals surface area contributed by atoms with Gasteiger partial charge in [-0.25, -0.2) is 4.79 Å². The summed E-state index contributed by atoms with van der Waals surface area (Å²) in [6.45, 7) is 1.74. The van der Waals surface area contributed by atoms with Crippen LogP contribution in [0.2, 0.25) is 0 Å². The van der Waals surface area contributed by atoms with Gasteiger partial charge < -0.3 is 9.84 Å². The van der Waals surface area contributed by atoms with Gasteiger partial charge in [-0.1, -0.05) is 5.16 Å². The molecule has 2 fully saturated rings. The fourth-order valence-electron chi connectivity index (χ4n) is 2.55. The van der Waals surface area contributed by atoms with Crippen molar-refractivity contribution in [1.29, 1.82) is 0 Å². The number of imide groups is 1. The van der Waals surface area contributed by atoms with Crippen LogP contribution in [0.25, 0.3) is 0 Å². The summed E-state index contributed by atoms with van der Waals surface area (Å²) < 4.78 is 5.16. The third kappa shape index (κ3) is 2.02. The Kier molecular flexibility index (Phi) is 2.83. The van der Waals surface area contributed by atoms with Crippen LogP contribution in [0.15, 0.2) is 21.3 Å². The Bertz CT molecular complexity index is 737. The van der Waals surface area contributed by atoms with E-state index in [1.54, 1.807) is 6.92 Å². The van der Waals surface area contributed by atoms with Crippen LogP contribution in [0.1, 0.15) is 43.0 Å². The molecular weight excluding hydrogens is 304 g/mol. The molecule has 0 spiro atoms. The van der Waals surface area contributed by atoms with E-state index in [0.29, 0.717) is 17.6 Å². The molecule has 3 amide bonds. The average molecular weight is 318 g/mol. The van der Waals surface area contributed by atoms with Gasteiger partial charge >= 0.3 is 6.03 Å². The number of carbonyl (C=O) groups is 2. The summed E-state index contributed by atoms with van der Waals surface area (Å²) in [6, 6.07) is 1.41. The number of rotatable bonds is 4. The third-order valence-corrected chi connectivity index (χ3v) is 4.77. The first-order valence-corrected chi connectivity index (χ1v) is 8.01. The number of aromatic nitrogens is 2. The molecule has 7 nitrogen and oxygen atoms in total. The molecule has 0 radical (unpaired) electrons. The van der Waals surface area contributed by atoms with Crippen molar-refractivity contribution in [2.24, 2.45) is 0 Å². The smallest absolute Gasteiger partial charge is 0.325 e. The summed E-state index contributed by atoms with van der Waals surface area (Å²) in [4.78, 5) is 30.2. The number of nitrogens with one attached hydrogen (secondary N) is 1. The van der Waals surface area contributed by atoms with Gasteiger partial charge in [0.2, 0.25) is 5.89 Å². The first-order chi connectivity index (χ1) is 10.6. The van der Waals surface area contributed by atoms with Gasteiger partial charge in [0.25, 0.3) is 5.91 Å². The zero-order valence-electron chi connectivity index (χ0n) is 11.9. The molecule has 1 unspecified atom stereocenters. The van der Waals surface area contributed by atoms with E-state index in [9.17, 15) is 9.59 Å². The van der Waals surface area contributed by atoms with Crippen molar-refractivity contribution in [2.75, 3.05) is 0 Å². The maximum absolute atomic E-state index is 12.7. The number of hydrogen-bond acceptors (Lipinski definition) is 6. The highest BCUT2D eigenvalue weighted by Gasteiger charge is 2.49. The van der Waals surface area contributed by atoms with Crippen molar-refractivity contribution in [2.45, 2.75) is 37.8 Å². The van der Waals surface area contributed by atoms with E-state index in [-0.39, 0.29) is 12.5 Å².